The second-order valence-electron chi connectivity index (χ2n) is 6.53. The van der Waals surface area contributed by atoms with Gasteiger partial charge in [0.2, 0.25) is 17.6 Å². The largest absolute Gasteiger partial charge is 0.339 e. The number of thiazole rings is 1. The third-order valence-corrected chi connectivity index (χ3v) is 5.44. The van der Waals surface area contributed by atoms with Gasteiger partial charge in [0.1, 0.15) is 0 Å². The molecule has 0 fully saturated rings. The Kier molecular flexibility index (Phi) is 4.75. The third kappa shape index (κ3) is 3.80. The Hall–Kier alpha value is -2.61. The highest BCUT2D eigenvalue weighted by atomic mass is 32.1. The van der Waals surface area contributed by atoms with Crippen molar-refractivity contribution in [1.29, 1.82) is 0 Å². The van der Waals surface area contributed by atoms with Crippen LogP contribution in [0.4, 0.5) is 5.13 Å². The topological polar surface area (TPSA) is 93.8 Å². The Labute approximate surface area is 154 Å². The van der Waals surface area contributed by atoms with Crippen molar-refractivity contribution in [3.8, 4) is 11.4 Å². The van der Waals surface area contributed by atoms with E-state index in [2.05, 4.69) is 32.3 Å². The molecule has 1 amide bonds. The summed E-state index contributed by atoms with van der Waals surface area (Å²) in [5.74, 6) is 1.55. The molecule has 8 heteroatoms. The molecule has 0 aliphatic heterocycles. The number of anilines is 1. The first kappa shape index (κ1) is 16.8. The first-order valence-corrected chi connectivity index (χ1v) is 9.50. The molecule has 4 rings (SSSR count). The van der Waals surface area contributed by atoms with E-state index in [4.69, 9.17) is 4.52 Å². The molecule has 1 N–H and O–H groups in total. The highest BCUT2D eigenvalue weighted by Crippen LogP contribution is 2.32. The molecule has 134 valence electrons. The maximum atomic E-state index is 12.2. The summed E-state index contributed by atoms with van der Waals surface area (Å²) in [4.78, 5) is 26.3. The normalized spacial score (nSPS) is 16.3. The predicted octanol–water partition coefficient (Wildman–Crippen LogP) is 3.28. The molecule has 0 spiro atoms. The maximum absolute atomic E-state index is 12.2. The monoisotopic (exact) mass is 369 g/mol. The summed E-state index contributed by atoms with van der Waals surface area (Å²) >= 11 is 1.59. The molecular weight excluding hydrogens is 350 g/mol. The highest BCUT2D eigenvalue weighted by molar-refractivity contribution is 7.15. The van der Waals surface area contributed by atoms with Crippen molar-refractivity contribution >= 4 is 22.4 Å². The van der Waals surface area contributed by atoms with Gasteiger partial charge in [-0.25, -0.2) is 4.98 Å². The third-order valence-electron chi connectivity index (χ3n) is 4.40. The summed E-state index contributed by atoms with van der Waals surface area (Å²) in [6, 6.07) is 3.62. The van der Waals surface area contributed by atoms with Gasteiger partial charge in [0.25, 0.3) is 0 Å². The number of pyridine rings is 1. The fourth-order valence-corrected chi connectivity index (χ4v) is 4.16. The van der Waals surface area contributed by atoms with E-state index in [1.54, 1.807) is 23.7 Å². The minimum Gasteiger partial charge on any atom is -0.339 e. The quantitative estimate of drug-likeness (QED) is 0.742. The van der Waals surface area contributed by atoms with Crippen molar-refractivity contribution in [1.82, 2.24) is 20.1 Å². The van der Waals surface area contributed by atoms with E-state index in [0.29, 0.717) is 29.2 Å². The number of rotatable bonds is 5. The van der Waals surface area contributed by atoms with Crippen LogP contribution in [-0.4, -0.2) is 26.0 Å². The lowest BCUT2D eigenvalue weighted by atomic mass is 9.93. The number of carbonyl (C=O) groups excluding carboxylic acids is 1. The number of fused-ring (bicyclic) bond motifs is 1. The lowest BCUT2D eigenvalue weighted by Crippen LogP contribution is -2.12. The Morgan fingerprint density at radius 1 is 1.35 bits per heavy atom. The van der Waals surface area contributed by atoms with E-state index >= 15 is 0 Å². The van der Waals surface area contributed by atoms with Gasteiger partial charge in [0, 0.05) is 35.7 Å². The van der Waals surface area contributed by atoms with Gasteiger partial charge in [0.15, 0.2) is 5.13 Å². The van der Waals surface area contributed by atoms with Crippen LogP contribution in [0.25, 0.3) is 11.4 Å². The smallest absolute Gasteiger partial charge is 0.227 e. The molecule has 0 saturated carbocycles. The highest BCUT2D eigenvalue weighted by Gasteiger charge is 2.20. The maximum Gasteiger partial charge on any atom is 0.227 e. The lowest BCUT2D eigenvalue weighted by molar-refractivity contribution is -0.116. The Bertz CT molecular complexity index is 905. The van der Waals surface area contributed by atoms with Crippen LogP contribution < -0.4 is 5.32 Å². The molecule has 3 heterocycles. The average Bonchev–Trinajstić information content (AvgIpc) is 3.27. The number of nitrogens with one attached hydrogen (secondary N) is 1. The van der Waals surface area contributed by atoms with Crippen molar-refractivity contribution < 1.29 is 9.32 Å². The molecule has 0 bridgehead atoms. The summed E-state index contributed by atoms with van der Waals surface area (Å²) in [5, 5.41) is 7.53. The first-order valence-electron chi connectivity index (χ1n) is 8.69. The van der Waals surface area contributed by atoms with Crippen molar-refractivity contribution in [2.24, 2.45) is 5.92 Å². The van der Waals surface area contributed by atoms with Crippen LogP contribution in [0.1, 0.15) is 36.2 Å². The van der Waals surface area contributed by atoms with Crippen molar-refractivity contribution in [3.05, 3.63) is 41.0 Å². The molecule has 1 atom stereocenters. The lowest BCUT2D eigenvalue weighted by Gasteiger charge is -2.15. The van der Waals surface area contributed by atoms with E-state index in [1.165, 1.54) is 11.3 Å². The summed E-state index contributed by atoms with van der Waals surface area (Å²) < 4.78 is 5.22. The van der Waals surface area contributed by atoms with E-state index in [0.717, 1.165) is 24.1 Å². The molecular formula is C18H19N5O2S. The standard InChI is InChI=1S/C18H19N5O2S/c1-11-2-3-13-14(10-11)26-18(20-13)21-15(24)4-5-16-22-17(23-25-16)12-6-8-19-9-7-12/h6-9,11H,2-5,10H2,1H3,(H,20,21,24). The van der Waals surface area contributed by atoms with Gasteiger partial charge in [-0.3, -0.25) is 9.78 Å². The minimum absolute atomic E-state index is 0.0900. The Morgan fingerprint density at radius 2 is 2.19 bits per heavy atom. The van der Waals surface area contributed by atoms with E-state index in [-0.39, 0.29) is 12.3 Å². The first-order chi connectivity index (χ1) is 12.7. The number of carbonyl (C=O) groups is 1. The van der Waals surface area contributed by atoms with Gasteiger partial charge >= 0.3 is 0 Å². The van der Waals surface area contributed by atoms with Crippen LogP contribution in [0.5, 0.6) is 0 Å². The van der Waals surface area contributed by atoms with Crippen LogP contribution in [0.3, 0.4) is 0 Å². The van der Waals surface area contributed by atoms with E-state index < -0.39 is 0 Å². The zero-order valence-electron chi connectivity index (χ0n) is 14.4. The second kappa shape index (κ2) is 7.33. The molecule has 0 saturated heterocycles. The molecule has 0 radical (unpaired) electrons. The molecule has 0 aromatic carbocycles. The van der Waals surface area contributed by atoms with Gasteiger partial charge in [-0.2, -0.15) is 4.98 Å². The van der Waals surface area contributed by atoms with Gasteiger partial charge in [-0.15, -0.1) is 11.3 Å². The predicted molar refractivity (Wildman–Crippen MR) is 97.8 cm³/mol. The zero-order valence-corrected chi connectivity index (χ0v) is 15.3. The van der Waals surface area contributed by atoms with Crippen molar-refractivity contribution in [2.75, 3.05) is 5.32 Å². The molecule has 1 aliphatic carbocycles. The van der Waals surface area contributed by atoms with Crippen molar-refractivity contribution in [2.45, 2.75) is 39.0 Å². The number of aromatic nitrogens is 4. The number of aryl methyl sites for hydroxylation is 2. The number of hydrogen-bond donors (Lipinski definition) is 1. The summed E-state index contributed by atoms with van der Waals surface area (Å²) in [7, 11) is 0. The molecule has 7 nitrogen and oxygen atoms in total. The molecule has 1 aliphatic rings. The number of hydrogen-bond acceptors (Lipinski definition) is 7. The zero-order chi connectivity index (χ0) is 17.9. The van der Waals surface area contributed by atoms with Crippen LogP contribution in [-0.2, 0) is 24.1 Å². The number of nitrogens with zero attached hydrogens (tertiary/aromatic N) is 4. The second-order valence-corrected chi connectivity index (χ2v) is 7.62. The van der Waals surface area contributed by atoms with Gasteiger partial charge in [-0.05, 0) is 37.3 Å². The average molecular weight is 369 g/mol. The SMILES string of the molecule is CC1CCc2nc(NC(=O)CCc3nc(-c4ccncc4)no3)sc2C1. The van der Waals surface area contributed by atoms with Gasteiger partial charge in [-0.1, -0.05) is 12.1 Å². The van der Waals surface area contributed by atoms with Crippen molar-refractivity contribution in [3.63, 3.8) is 0 Å². The minimum atomic E-state index is -0.0900. The van der Waals surface area contributed by atoms with Crippen LogP contribution >= 0.6 is 11.3 Å². The van der Waals surface area contributed by atoms with Gasteiger partial charge < -0.3 is 9.84 Å². The molecule has 26 heavy (non-hydrogen) atoms. The fraction of sp³-hybridized carbons (Fsp3) is 0.389. The summed E-state index contributed by atoms with van der Waals surface area (Å²) in [6.07, 6.45) is 7.25. The number of amides is 1. The summed E-state index contributed by atoms with van der Waals surface area (Å²) in [6.45, 7) is 2.26. The van der Waals surface area contributed by atoms with E-state index in [1.807, 2.05) is 12.1 Å². The van der Waals surface area contributed by atoms with Crippen LogP contribution in [0, 0.1) is 5.92 Å². The molecule has 3 aromatic rings. The molecule has 1 unspecified atom stereocenters. The Morgan fingerprint density at radius 3 is 3.04 bits per heavy atom. The summed E-state index contributed by atoms with van der Waals surface area (Å²) in [5.41, 5.74) is 1.98. The Balaban J connectivity index is 1.33. The van der Waals surface area contributed by atoms with Gasteiger partial charge in [0.05, 0.1) is 5.69 Å². The van der Waals surface area contributed by atoms with Crippen LogP contribution in [0.2, 0.25) is 0 Å². The fourth-order valence-electron chi connectivity index (χ4n) is 2.97. The van der Waals surface area contributed by atoms with E-state index in [9.17, 15) is 4.79 Å². The molecule has 3 aromatic heterocycles. The van der Waals surface area contributed by atoms with Crippen LogP contribution in [0.15, 0.2) is 29.0 Å².